The summed E-state index contributed by atoms with van der Waals surface area (Å²) in [6.45, 7) is 6.42. The molecule has 0 bridgehead atoms. The molecule has 0 radical (unpaired) electrons. The normalized spacial score (nSPS) is 13.5. The Bertz CT molecular complexity index is 104. The van der Waals surface area contributed by atoms with Crippen molar-refractivity contribution in [1.29, 1.82) is 0 Å². The number of hydrogen-bond donors (Lipinski definition) is 0. The largest absolute Gasteiger partial charge is 0.306 e. The van der Waals surface area contributed by atoms with E-state index in [0.29, 0.717) is 6.42 Å². The van der Waals surface area contributed by atoms with Crippen molar-refractivity contribution >= 4 is 6.29 Å². The Labute approximate surface area is 69.6 Å². The molecule has 11 heavy (non-hydrogen) atoms. The molecule has 0 amide bonds. The van der Waals surface area contributed by atoms with Crippen molar-refractivity contribution in [2.75, 3.05) is 20.1 Å². The first-order valence-electron chi connectivity index (χ1n) is 4.32. The van der Waals surface area contributed by atoms with Crippen LogP contribution in [-0.2, 0) is 4.79 Å². The molecular formula is C9H19NO. The van der Waals surface area contributed by atoms with Gasteiger partial charge in [0.1, 0.15) is 6.29 Å². The van der Waals surface area contributed by atoms with E-state index >= 15 is 0 Å². The maximum Gasteiger partial charge on any atom is 0.121 e. The van der Waals surface area contributed by atoms with E-state index < -0.39 is 0 Å². The van der Waals surface area contributed by atoms with E-state index in [-0.39, 0.29) is 0 Å². The van der Waals surface area contributed by atoms with Crippen LogP contribution in [0.5, 0.6) is 0 Å². The summed E-state index contributed by atoms with van der Waals surface area (Å²) in [5.74, 6) is 0.742. The standard InChI is InChI=1S/C9H19NO/c1-4-9(2)8-10(3)6-5-7-11/h7,9H,4-6,8H2,1-3H3. The molecule has 0 aliphatic rings. The summed E-state index contributed by atoms with van der Waals surface area (Å²) in [6, 6.07) is 0. The number of aldehydes is 1. The number of rotatable bonds is 6. The highest BCUT2D eigenvalue weighted by Crippen LogP contribution is 2.02. The van der Waals surface area contributed by atoms with Gasteiger partial charge in [0.2, 0.25) is 0 Å². The van der Waals surface area contributed by atoms with Crippen molar-refractivity contribution in [3.63, 3.8) is 0 Å². The van der Waals surface area contributed by atoms with Gasteiger partial charge in [-0.25, -0.2) is 0 Å². The van der Waals surface area contributed by atoms with Gasteiger partial charge < -0.3 is 9.69 Å². The van der Waals surface area contributed by atoms with Crippen LogP contribution < -0.4 is 0 Å². The molecule has 0 heterocycles. The summed E-state index contributed by atoms with van der Waals surface area (Å²) in [4.78, 5) is 12.2. The van der Waals surface area contributed by atoms with E-state index in [1.54, 1.807) is 0 Å². The molecule has 2 nitrogen and oxygen atoms in total. The zero-order valence-electron chi connectivity index (χ0n) is 7.84. The lowest BCUT2D eigenvalue weighted by atomic mass is 10.1. The fourth-order valence-corrected chi connectivity index (χ4v) is 1.03. The van der Waals surface area contributed by atoms with Crippen LogP contribution in [0.4, 0.5) is 0 Å². The molecular weight excluding hydrogens is 138 g/mol. The third-order valence-corrected chi connectivity index (χ3v) is 1.95. The zero-order chi connectivity index (χ0) is 8.69. The molecule has 0 spiro atoms. The van der Waals surface area contributed by atoms with Gasteiger partial charge >= 0.3 is 0 Å². The highest BCUT2D eigenvalue weighted by atomic mass is 16.1. The minimum Gasteiger partial charge on any atom is -0.306 e. The third kappa shape index (κ3) is 6.05. The van der Waals surface area contributed by atoms with Crippen molar-refractivity contribution < 1.29 is 4.79 Å². The molecule has 0 aromatic rings. The first-order chi connectivity index (χ1) is 5.20. The zero-order valence-corrected chi connectivity index (χ0v) is 7.84. The van der Waals surface area contributed by atoms with Gasteiger partial charge in [0, 0.05) is 19.5 Å². The van der Waals surface area contributed by atoms with E-state index in [1.165, 1.54) is 6.42 Å². The SMILES string of the molecule is CCC(C)CN(C)CCC=O. The Balaban J connectivity index is 3.34. The van der Waals surface area contributed by atoms with E-state index in [1.807, 2.05) is 0 Å². The molecule has 0 aromatic heterocycles. The van der Waals surface area contributed by atoms with Crippen LogP contribution in [0.25, 0.3) is 0 Å². The van der Waals surface area contributed by atoms with Gasteiger partial charge in [-0.15, -0.1) is 0 Å². The third-order valence-electron chi connectivity index (χ3n) is 1.95. The smallest absolute Gasteiger partial charge is 0.121 e. The average Bonchev–Trinajstić information content (AvgIpc) is 2.00. The maximum absolute atomic E-state index is 10.0. The number of hydrogen-bond acceptors (Lipinski definition) is 2. The van der Waals surface area contributed by atoms with Crippen molar-refractivity contribution in [3.05, 3.63) is 0 Å². The van der Waals surface area contributed by atoms with Crippen LogP contribution >= 0.6 is 0 Å². The number of carbonyl (C=O) groups is 1. The highest BCUT2D eigenvalue weighted by molar-refractivity contribution is 5.49. The Morgan fingerprint density at radius 1 is 1.55 bits per heavy atom. The first kappa shape index (κ1) is 10.6. The molecule has 2 heteroatoms. The summed E-state index contributed by atoms with van der Waals surface area (Å²) in [7, 11) is 2.07. The van der Waals surface area contributed by atoms with Crippen LogP contribution in [0.2, 0.25) is 0 Å². The minimum atomic E-state index is 0.660. The molecule has 0 aliphatic heterocycles. The van der Waals surface area contributed by atoms with Crippen LogP contribution in [0.15, 0.2) is 0 Å². The number of nitrogens with zero attached hydrogens (tertiary/aromatic N) is 1. The van der Waals surface area contributed by atoms with E-state index in [2.05, 4.69) is 25.8 Å². The van der Waals surface area contributed by atoms with Gasteiger partial charge in [0.25, 0.3) is 0 Å². The second-order valence-electron chi connectivity index (χ2n) is 3.23. The fourth-order valence-electron chi connectivity index (χ4n) is 1.03. The van der Waals surface area contributed by atoms with Crippen molar-refractivity contribution in [1.82, 2.24) is 4.90 Å². The number of carbonyl (C=O) groups excluding carboxylic acids is 1. The lowest BCUT2D eigenvalue weighted by Gasteiger charge is -2.18. The second kappa shape index (κ2) is 6.35. The molecule has 66 valence electrons. The lowest BCUT2D eigenvalue weighted by molar-refractivity contribution is -0.108. The second-order valence-corrected chi connectivity index (χ2v) is 3.23. The summed E-state index contributed by atoms with van der Waals surface area (Å²) >= 11 is 0. The van der Waals surface area contributed by atoms with Crippen LogP contribution in [0, 0.1) is 5.92 Å². The lowest BCUT2D eigenvalue weighted by Crippen LogP contribution is -2.25. The molecule has 1 atom stereocenters. The van der Waals surface area contributed by atoms with Crippen molar-refractivity contribution in [3.8, 4) is 0 Å². The van der Waals surface area contributed by atoms with Gasteiger partial charge in [-0.2, -0.15) is 0 Å². The van der Waals surface area contributed by atoms with Gasteiger partial charge in [-0.3, -0.25) is 0 Å². The highest BCUT2D eigenvalue weighted by Gasteiger charge is 2.02. The van der Waals surface area contributed by atoms with Crippen molar-refractivity contribution in [2.45, 2.75) is 26.7 Å². The van der Waals surface area contributed by atoms with E-state index in [0.717, 1.165) is 25.3 Å². The Kier molecular flexibility index (Phi) is 6.13. The molecule has 0 saturated carbocycles. The Morgan fingerprint density at radius 3 is 2.64 bits per heavy atom. The van der Waals surface area contributed by atoms with Crippen LogP contribution in [0.3, 0.4) is 0 Å². The molecule has 0 N–H and O–H groups in total. The quantitative estimate of drug-likeness (QED) is 0.545. The average molecular weight is 157 g/mol. The summed E-state index contributed by atoms with van der Waals surface area (Å²) in [5.41, 5.74) is 0. The molecule has 0 aliphatic carbocycles. The predicted octanol–water partition coefficient (Wildman–Crippen LogP) is 1.55. The van der Waals surface area contributed by atoms with Crippen molar-refractivity contribution in [2.24, 2.45) is 5.92 Å². The molecule has 0 aromatic carbocycles. The predicted molar refractivity (Wildman–Crippen MR) is 47.6 cm³/mol. The first-order valence-corrected chi connectivity index (χ1v) is 4.32. The van der Waals surface area contributed by atoms with Crippen LogP contribution in [0.1, 0.15) is 26.7 Å². The molecule has 1 unspecified atom stereocenters. The van der Waals surface area contributed by atoms with Gasteiger partial charge in [-0.1, -0.05) is 20.3 Å². The summed E-state index contributed by atoms with van der Waals surface area (Å²) in [5, 5.41) is 0. The Hall–Kier alpha value is -0.370. The van der Waals surface area contributed by atoms with E-state index in [9.17, 15) is 4.79 Å². The van der Waals surface area contributed by atoms with Gasteiger partial charge in [-0.05, 0) is 13.0 Å². The monoisotopic (exact) mass is 157 g/mol. The molecule has 0 rings (SSSR count). The van der Waals surface area contributed by atoms with Gasteiger partial charge in [0.15, 0.2) is 0 Å². The summed E-state index contributed by atoms with van der Waals surface area (Å²) in [6.07, 6.45) is 2.85. The summed E-state index contributed by atoms with van der Waals surface area (Å²) < 4.78 is 0. The molecule has 0 fully saturated rings. The topological polar surface area (TPSA) is 20.3 Å². The fraction of sp³-hybridized carbons (Fsp3) is 0.889. The van der Waals surface area contributed by atoms with E-state index in [4.69, 9.17) is 0 Å². The molecule has 0 saturated heterocycles. The van der Waals surface area contributed by atoms with Crippen LogP contribution in [-0.4, -0.2) is 31.3 Å². The maximum atomic E-state index is 10.0. The van der Waals surface area contributed by atoms with Gasteiger partial charge in [0.05, 0.1) is 0 Å². The minimum absolute atomic E-state index is 0.660. The Morgan fingerprint density at radius 2 is 2.18 bits per heavy atom.